The predicted molar refractivity (Wildman–Crippen MR) is 128 cm³/mol. The molecule has 0 spiro atoms. The molecule has 1 aliphatic heterocycles. The Labute approximate surface area is 193 Å². The number of methoxy groups -OCH3 is 1. The van der Waals surface area contributed by atoms with Gasteiger partial charge in [-0.05, 0) is 29.8 Å². The summed E-state index contributed by atoms with van der Waals surface area (Å²) in [6.07, 6.45) is 0. The molecule has 1 heterocycles. The Bertz CT molecular complexity index is 1080. The number of carboxylic acid groups (broad SMARTS) is 1. The summed E-state index contributed by atoms with van der Waals surface area (Å²) in [5.74, 6) is 0.368. The fourth-order valence-electron chi connectivity index (χ4n) is 3.85. The van der Waals surface area contributed by atoms with Crippen molar-refractivity contribution in [3.8, 4) is 11.5 Å². The van der Waals surface area contributed by atoms with E-state index >= 15 is 0 Å². The lowest BCUT2D eigenvalue weighted by Gasteiger charge is -2.30. The summed E-state index contributed by atoms with van der Waals surface area (Å²) in [6.45, 7) is 3.43. The summed E-state index contributed by atoms with van der Waals surface area (Å²) in [7, 11) is 1.62. The highest BCUT2D eigenvalue weighted by atomic mass is 16.5. The third kappa shape index (κ3) is 5.56. The molecule has 3 aromatic rings. The summed E-state index contributed by atoms with van der Waals surface area (Å²) in [6, 6.07) is 21.1. The number of carboxylic acids is 1. The zero-order valence-electron chi connectivity index (χ0n) is 18.6. The quantitative estimate of drug-likeness (QED) is 0.502. The lowest BCUT2D eigenvalue weighted by molar-refractivity contribution is 0.0696. The second kappa shape index (κ2) is 10.7. The smallest absolute Gasteiger partial charge is 0.337 e. The first kappa shape index (κ1) is 22.5. The number of hydrogen-bond acceptors (Lipinski definition) is 6. The lowest BCUT2D eigenvalue weighted by Crippen LogP contribution is -2.37. The van der Waals surface area contributed by atoms with Crippen LogP contribution in [0.3, 0.4) is 0 Å². The van der Waals surface area contributed by atoms with Gasteiger partial charge in [-0.2, -0.15) is 0 Å². The first-order valence-electron chi connectivity index (χ1n) is 10.9. The maximum atomic E-state index is 11.9. The van der Waals surface area contributed by atoms with Crippen LogP contribution in [0.4, 0.5) is 11.4 Å². The zero-order chi connectivity index (χ0) is 23.0. The molecule has 0 bridgehead atoms. The summed E-state index contributed by atoms with van der Waals surface area (Å²) in [5.41, 5.74) is 3.69. The van der Waals surface area contributed by atoms with Gasteiger partial charge in [0.15, 0.2) is 11.5 Å². The predicted octanol–water partition coefficient (Wildman–Crippen LogP) is 4.42. The molecular formula is C26H28N2O5. The molecule has 0 amide bonds. The molecule has 0 radical (unpaired) electrons. The van der Waals surface area contributed by atoms with Crippen LogP contribution >= 0.6 is 0 Å². The molecule has 0 atom stereocenters. The molecule has 3 aromatic carbocycles. The standard InChI is InChI=1S/C26H28N2O5/c1-31-24-9-5-8-20(25(24)33-18-19-6-3-2-4-7-19)17-27-21-10-11-23(22(16-21)26(29)30)28-12-14-32-15-13-28/h2-11,16,27H,12-15,17-18H2,1H3,(H,29,30). The zero-order valence-corrected chi connectivity index (χ0v) is 18.6. The highest BCUT2D eigenvalue weighted by Gasteiger charge is 2.19. The third-order valence-corrected chi connectivity index (χ3v) is 5.57. The summed E-state index contributed by atoms with van der Waals surface area (Å²) in [4.78, 5) is 14.0. The van der Waals surface area contributed by atoms with E-state index in [9.17, 15) is 9.90 Å². The minimum absolute atomic E-state index is 0.271. The van der Waals surface area contributed by atoms with Gasteiger partial charge in [0.25, 0.3) is 0 Å². The largest absolute Gasteiger partial charge is 0.493 e. The molecule has 172 valence electrons. The fourth-order valence-corrected chi connectivity index (χ4v) is 3.85. The van der Waals surface area contributed by atoms with Crippen LogP contribution in [0.15, 0.2) is 66.7 Å². The molecule has 0 aliphatic carbocycles. The van der Waals surface area contributed by atoms with Gasteiger partial charge in [-0.15, -0.1) is 0 Å². The van der Waals surface area contributed by atoms with Crippen molar-refractivity contribution in [2.75, 3.05) is 43.6 Å². The van der Waals surface area contributed by atoms with Crippen LogP contribution in [0, 0.1) is 0 Å². The Morgan fingerprint density at radius 3 is 2.58 bits per heavy atom. The number of benzene rings is 3. The minimum atomic E-state index is -0.951. The van der Waals surface area contributed by atoms with Gasteiger partial charge < -0.3 is 29.5 Å². The topological polar surface area (TPSA) is 80.3 Å². The SMILES string of the molecule is COc1cccc(CNc2ccc(N3CCOCC3)c(C(=O)O)c2)c1OCc1ccccc1. The Morgan fingerprint density at radius 1 is 1.06 bits per heavy atom. The summed E-state index contributed by atoms with van der Waals surface area (Å²) < 4.78 is 17.0. The lowest BCUT2D eigenvalue weighted by atomic mass is 10.1. The molecule has 0 saturated carbocycles. The van der Waals surface area contributed by atoms with Gasteiger partial charge in [0.1, 0.15) is 6.61 Å². The monoisotopic (exact) mass is 448 g/mol. The van der Waals surface area contributed by atoms with Crippen molar-refractivity contribution in [2.24, 2.45) is 0 Å². The molecule has 7 heteroatoms. The van der Waals surface area contributed by atoms with Gasteiger partial charge in [-0.3, -0.25) is 0 Å². The molecule has 7 nitrogen and oxygen atoms in total. The van der Waals surface area contributed by atoms with E-state index in [1.54, 1.807) is 13.2 Å². The van der Waals surface area contributed by atoms with E-state index in [1.165, 1.54) is 0 Å². The van der Waals surface area contributed by atoms with Crippen molar-refractivity contribution in [3.05, 3.63) is 83.4 Å². The Balaban J connectivity index is 1.51. The van der Waals surface area contributed by atoms with Gasteiger partial charge >= 0.3 is 5.97 Å². The molecule has 2 N–H and O–H groups in total. The van der Waals surface area contributed by atoms with E-state index in [0.717, 1.165) is 16.8 Å². The average molecular weight is 449 g/mol. The molecule has 0 unspecified atom stereocenters. The van der Waals surface area contributed by atoms with Gasteiger partial charge in [-0.1, -0.05) is 42.5 Å². The summed E-state index contributed by atoms with van der Waals surface area (Å²) >= 11 is 0. The van der Waals surface area contributed by atoms with E-state index in [-0.39, 0.29) is 5.56 Å². The summed E-state index contributed by atoms with van der Waals surface area (Å²) in [5, 5.41) is 13.1. The van der Waals surface area contributed by atoms with E-state index in [1.807, 2.05) is 65.6 Å². The van der Waals surface area contributed by atoms with Crippen LogP contribution in [0.2, 0.25) is 0 Å². The second-order valence-corrected chi connectivity index (χ2v) is 7.71. The van der Waals surface area contributed by atoms with Crippen molar-refractivity contribution >= 4 is 17.3 Å². The van der Waals surface area contributed by atoms with Crippen LogP contribution < -0.4 is 19.7 Å². The maximum absolute atomic E-state index is 11.9. The molecular weight excluding hydrogens is 420 g/mol. The minimum Gasteiger partial charge on any atom is -0.493 e. The van der Waals surface area contributed by atoms with Crippen LogP contribution in [-0.4, -0.2) is 44.5 Å². The Morgan fingerprint density at radius 2 is 1.85 bits per heavy atom. The number of morpholine rings is 1. The molecule has 4 rings (SSSR count). The average Bonchev–Trinajstić information content (AvgIpc) is 2.87. The fraction of sp³-hybridized carbons (Fsp3) is 0.269. The number of hydrogen-bond donors (Lipinski definition) is 2. The number of para-hydroxylation sites is 1. The Hall–Kier alpha value is -3.71. The van der Waals surface area contributed by atoms with Crippen LogP contribution in [0.1, 0.15) is 21.5 Å². The van der Waals surface area contributed by atoms with Crippen molar-refractivity contribution in [2.45, 2.75) is 13.2 Å². The number of rotatable bonds is 9. The van der Waals surface area contributed by atoms with Gasteiger partial charge in [0.2, 0.25) is 0 Å². The van der Waals surface area contributed by atoms with Crippen LogP contribution in [0.5, 0.6) is 11.5 Å². The van der Waals surface area contributed by atoms with Crippen molar-refractivity contribution in [1.82, 2.24) is 0 Å². The first-order chi connectivity index (χ1) is 16.2. The molecule has 33 heavy (non-hydrogen) atoms. The number of anilines is 2. The van der Waals surface area contributed by atoms with Crippen LogP contribution in [0.25, 0.3) is 0 Å². The van der Waals surface area contributed by atoms with Crippen molar-refractivity contribution < 1.29 is 24.1 Å². The number of aromatic carboxylic acids is 1. The van der Waals surface area contributed by atoms with E-state index in [0.29, 0.717) is 56.6 Å². The van der Waals surface area contributed by atoms with E-state index < -0.39 is 5.97 Å². The molecule has 1 saturated heterocycles. The van der Waals surface area contributed by atoms with E-state index in [4.69, 9.17) is 14.2 Å². The second-order valence-electron chi connectivity index (χ2n) is 7.71. The van der Waals surface area contributed by atoms with E-state index in [2.05, 4.69) is 5.32 Å². The highest BCUT2D eigenvalue weighted by Crippen LogP contribution is 2.33. The van der Waals surface area contributed by atoms with Gasteiger partial charge in [0, 0.05) is 30.9 Å². The number of nitrogens with zero attached hydrogens (tertiary/aromatic N) is 1. The molecule has 0 aromatic heterocycles. The van der Waals surface area contributed by atoms with Gasteiger partial charge in [0.05, 0.1) is 31.6 Å². The maximum Gasteiger partial charge on any atom is 0.337 e. The van der Waals surface area contributed by atoms with Gasteiger partial charge in [-0.25, -0.2) is 4.79 Å². The third-order valence-electron chi connectivity index (χ3n) is 5.57. The molecule has 1 fully saturated rings. The normalized spacial score (nSPS) is 13.4. The van der Waals surface area contributed by atoms with Crippen molar-refractivity contribution in [1.29, 1.82) is 0 Å². The number of ether oxygens (including phenoxy) is 3. The van der Waals surface area contributed by atoms with Crippen LogP contribution in [-0.2, 0) is 17.9 Å². The number of nitrogens with one attached hydrogen (secondary N) is 1. The van der Waals surface area contributed by atoms with Crippen molar-refractivity contribution in [3.63, 3.8) is 0 Å². The first-order valence-corrected chi connectivity index (χ1v) is 10.9. The highest BCUT2D eigenvalue weighted by molar-refractivity contribution is 5.95. The Kier molecular flexibility index (Phi) is 7.32. The molecule has 1 aliphatic rings. The number of carbonyl (C=O) groups is 1.